The molecule has 0 radical (unpaired) electrons. The van der Waals surface area contributed by atoms with E-state index in [1.807, 2.05) is 23.7 Å². The molecule has 0 aliphatic heterocycles. The van der Waals surface area contributed by atoms with Crippen molar-refractivity contribution >= 4 is 28.9 Å². The summed E-state index contributed by atoms with van der Waals surface area (Å²) in [5, 5.41) is 10.0. The van der Waals surface area contributed by atoms with Crippen LogP contribution in [0.25, 0.3) is 22.6 Å². The maximum atomic E-state index is 12.2. The van der Waals surface area contributed by atoms with Crippen molar-refractivity contribution in [1.29, 1.82) is 5.41 Å². The second kappa shape index (κ2) is 7.82. The number of aromatic nitrogens is 4. The van der Waals surface area contributed by atoms with Crippen LogP contribution in [-0.2, 0) is 16.6 Å². The predicted molar refractivity (Wildman–Crippen MR) is 102 cm³/mol. The molecule has 0 saturated heterocycles. The van der Waals surface area contributed by atoms with Crippen molar-refractivity contribution in [2.24, 2.45) is 12.8 Å². The largest absolute Gasteiger partial charge is 0.469 e. The number of ether oxygens (including phenoxy) is 1. The van der Waals surface area contributed by atoms with Gasteiger partial charge in [-0.05, 0) is 0 Å². The average molecular weight is 381 g/mol. The highest BCUT2D eigenvalue weighted by molar-refractivity contribution is 5.95. The molecule has 0 atom stereocenters. The molecule has 1 aromatic carbocycles. The number of hydrogen-bond donors (Lipinski definition) is 3. The van der Waals surface area contributed by atoms with E-state index < -0.39 is 11.9 Å². The van der Waals surface area contributed by atoms with Gasteiger partial charge in [0.15, 0.2) is 5.65 Å². The Hall–Kier alpha value is -3.82. The fourth-order valence-electron chi connectivity index (χ4n) is 2.60. The van der Waals surface area contributed by atoms with E-state index in [2.05, 4.69) is 25.0 Å². The Labute approximate surface area is 160 Å². The number of imidazole rings is 1. The van der Waals surface area contributed by atoms with Crippen LogP contribution in [0.4, 0.5) is 0 Å². The van der Waals surface area contributed by atoms with E-state index in [0.29, 0.717) is 22.6 Å². The van der Waals surface area contributed by atoms with Gasteiger partial charge in [-0.3, -0.25) is 15.0 Å². The van der Waals surface area contributed by atoms with Gasteiger partial charge in [-0.15, -0.1) is 0 Å². The number of hydrogen-bond acceptors (Lipinski definition) is 7. The van der Waals surface area contributed by atoms with Crippen LogP contribution in [0.3, 0.4) is 0 Å². The Morgan fingerprint density at radius 1 is 1.25 bits per heavy atom. The Kier molecular flexibility index (Phi) is 5.30. The lowest BCUT2D eigenvalue weighted by Gasteiger charge is -2.04. The van der Waals surface area contributed by atoms with Crippen molar-refractivity contribution in [3.05, 3.63) is 41.9 Å². The van der Waals surface area contributed by atoms with Crippen LogP contribution in [0.5, 0.6) is 0 Å². The number of carbonyl (C=O) groups excluding carboxylic acids is 2. The third-order valence-corrected chi connectivity index (χ3v) is 4.14. The number of carbonyl (C=O) groups is 2. The lowest BCUT2D eigenvalue weighted by atomic mass is 10.1. The molecule has 4 N–H and O–H groups in total. The number of methoxy groups -OCH3 is 1. The molecule has 0 unspecified atom stereocenters. The summed E-state index contributed by atoms with van der Waals surface area (Å²) >= 11 is 0. The number of amidine groups is 1. The van der Waals surface area contributed by atoms with Crippen LogP contribution >= 0.6 is 0 Å². The first-order chi connectivity index (χ1) is 13.4. The zero-order valence-corrected chi connectivity index (χ0v) is 15.4. The Balaban J connectivity index is 1.84. The number of nitrogens with two attached hydrogens (primary N) is 1. The van der Waals surface area contributed by atoms with Crippen LogP contribution in [0.15, 0.2) is 30.5 Å². The summed E-state index contributed by atoms with van der Waals surface area (Å²) in [6.07, 6.45) is 1.59. The number of nitrogens with one attached hydrogen (secondary N) is 2. The first-order valence-corrected chi connectivity index (χ1v) is 8.40. The standard InChI is InChI=1S/C18H19N7O3/c1-25-12-9-22-16(18(27)21-8-7-13(26)28-2)23-15(12)24-17(25)11-5-3-10(4-6-11)14(19)20/h3-6,9H,7-8H2,1-2H3,(H3,19,20)(H,21,27). The van der Waals surface area contributed by atoms with Crippen LogP contribution in [-0.4, -0.2) is 50.9 Å². The van der Waals surface area contributed by atoms with Gasteiger partial charge in [0.1, 0.15) is 17.2 Å². The summed E-state index contributed by atoms with van der Waals surface area (Å²) in [4.78, 5) is 36.1. The summed E-state index contributed by atoms with van der Waals surface area (Å²) in [5.74, 6) is -0.312. The number of amides is 1. The smallest absolute Gasteiger partial charge is 0.307 e. The highest BCUT2D eigenvalue weighted by Gasteiger charge is 2.16. The Morgan fingerprint density at radius 2 is 1.96 bits per heavy atom. The van der Waals surface area contributed by atoms with E-state index in [9.17, 15) is 9.59 Å². The van der Waals surface area contributed by atoms with Crippen LogP contribution in [0.1, 0.15) is 22.6 Å². The number of nitrogen functional groups attached to an aromatic ring is 1. The van der Waals surface area contributed by atoms with Gasteiger partial charge in [-0.2, -0.15) is 0 Å². The lowest BCUT2D eigenvalue weighted by molar-refractivity contribution is -0.140. The number of rotatable bonds is 6. The molecule has 10 heteroatoms. The molecule has 3 aromatic rings. The molecule has 28 heavy (non-hydrogen) atoms. The highest BCUT2D eigenvalue weighted by atomic mass is 16.5. The van der Waals surface area contributed by atoms with Gasteiger partial charge in [0.2, 0.25) is 5.82 Å². The molecule has 0 spiro atoms. The predicted octanol–water partition coefficient (Wildman–Crippen LogP) is 0.607. The SMILES string of the molecule is COC(=O)CCNC(=O)c1ncc2c(n1)nc(-c1ccc(C(=N)N)cc1)n2C. The Morgan fingerprint density at radius 3 is 2.61 bits per heavy atom. The minimum Gasteiger partial charge on any atom is -0.469 e. The van der Waals surface area contributed by atoms with E-state index in [-0.39, 0.29) is 24.6 Å². The normalized spacial score (nSPS) is 10.6. The number of esters is 1. The van der Waals surface area contributed by atoms with Crippen LogP contribution < -0.4 is 11.1 Å². The summed E-state index contributed by atoms with van der Waals surface area (Å²) in [6, 6.07) is 7.10. The van der Waals surface area contributed by atoms with E-state index in [1.165, 1.54) is 13.3 Å². The molecule has 0 fully saturated rings. The van der Waals surface area contributed by atoms with Gasteiger partial charge < -0.3 is 20.4 Å². The number of fused-ring (bicyclic) bond motifs is 1. The first-order valence-electron chi connectivity index (χ1n) is 8.40. The third kappa shape index (κ3) is 3.80. The number of aryl methyl sites for hydroxylation is 1. The topological polar surface area (TPSA) is 149 Å². The second-order valence-electron chi connectivity index (χ2n) is 5.97. The first kappa shape index (κ1) is 19.0. The number of benzene rings is 1. The molecule has 3 rings (SSSR count). The molecule has 0 aliphatic carbocycles. The van der Waals surface area contributed by atoms with E-state index >= 15 is 0 Å². The molecule has 2 aromatic heterocycles. The van der Waals surface area contributed by atoms with Gasteiger partial charge in [-0.25, -0.2) is 15.0 Å². The maximum Gasteiger partial charge on any atom is 0.307 e. The van der Waals surface area contributed by atoms with Gasteiger partial charge in [-0.1, -0.05) is 24.3 Å². The van der Waals surface area contributed by atoms with Gasteiger partial charge in [0.25, 0.3) is 5.91 Å². The highest BCUT2D eigenvalue weighted by Crippen LogP contribution is 2.22. The zero-order valence-electron chi connectivity index (χ0n) is 15.4. The maximum absolute atomic E-state index is 12.2. The minimum absolute atomic E-state index is 0.00901. The summed E-state index contributed by atoms with van der Waals surface area (Å²) in [7, 11) is 3.11. The average Bonchev–Trinajstić information content (AvgIpc) is 3.03. The monoisotopic (exact) mass is 381 g/mol. The molecule has 0 bridgehead atoms. The van der Waals surface area contributed by atoms with E-state index in [0.717, 1.165) is 5.56 Å². The van der Waals surface area contributed by atoms with Crippen LogP contribution in [0.2, 0.25) is 0 Å². The zero-order chi connectivity index (χ0) is 20.3. The Bertz CT molecular complexity index is 1060. The fraction of sp³-hybridized carbons (Fsp3) is 0.222. The van der Waals surface area contributed by atoms with E-state index in [4.69, 9.17) is 11.1 Å². The summed E-state index contributed by atoms with van der Waals surface area (Å²) in [5.41, 5.74) is 7.95. The summed E-state index contributed by atoms with van der Waals surface area (Å²) in [6.45, 7) is 0.128. The fourth-order valence-corrected chi connectivity index (χ4v) is 2.60. The van der Waals surface area contributed by atoms with Crippen molar-refractivity contribution in [2.45, 2.75) is 6.42 Å². The molecular weight excluding hydrogens is 362 g/mol. The molecule has 0 aliphatic rings. The minimum atomic E-state index is -0.496. The third-order valence-electron chi connectivity index (χ3n) is 4.14. The van der Waals surface area contributed by atoms with Crippen molar-refractivity contribution in [2.75, 3.05) is 13.7 Å². The molecule has 0 saturated carbocycles. The van der Waals surface area contributed by atoms with Gasteiger partial charge in [0.05, 0.1) is 19.7 Å². The second-order valence-corrected chi connectivity index (χ2v) is 5.97. The molecular formula is C18H19N7O3. The quantitative estimate of drug-likeness (QED) is 0.322. The summed E-state index contributed by atoms with van der Waals surface area (Å²) < 4.78 is 6.34. The van der Waals surface area contributed by atoms with Gasteiger partial charge >= 0.3 is 5.97 Å². The van der Waals surface area contributed by atoms with E-state index in [1.54, 1.807) is 12.1 Å². The van der Waals surface area contributed by atoms with Crippen molar-refractivity contribution in [3.8, 4) is 11.4 Å². The lowest BCUT2D eigenvalue weighted by Crippen LogP contribution is -2.28. The van der Waals surface area contributed by atoms with Crippen molar-refractivity contribution in [3.63, 3.8) is 0 Å². The molecule has 144 valence electrons. The van der Waals surface area contributed by atoms with Gasteiger partial charge in [0, 0.05) is 24.7 Å². The molecule has 10 nitrogen and oxygen atoms in total. The van der Waals surface area contributed by atoms with Crippen molar-refractivity contribution < 1.29 is 14.3 Å². The molecule has 1 amide bonds. The van der Waals surface area contributed by atoms with Crippen molar-refractivity contribution in [1.82, 2.24) is 24.8 Å². The molecule has 2 heterocycles. The number of nitrogens with zero attached hydrogens (tertiary/aromatic N) is 4. The van der Waals surface area contributed by atoms with Crippen LogP contribution in [0, 0.1) is 5.41 Å².